The Bertz CT molecular complexity index is 1220. The van der Waals surface area contributed by atoms with Crippen LogP contribution in [0, 0.1) is 0 Å². The molecule has 38 heavy (non-hydrogen) atoms. The summed E-state index contributed by atoms with van der Waals surface area (Å²) in [7, 11) is 0. The molecule has 4 aromatic rings. The first-order valence-electron chi connectivity index (χ1n) is 13.3. The van der Waals surface area contributed by atoms with E-state index in [4.69, 9.17) is 14.2 Å². The van der Waals surface area contributed by atoms with Gasteiger partial charge in [0.1, 0.15) is 0 Å². The number of ether oxygens (including phenoxy) is 3. The Balaban J connectivity index is 1.72. The van der Waals surface area contributed by atoms with E-state index in [1.807, 2.05) is 19.9 Å². The van der Waals surface area contributed by atoms with Crippen molar-refractivity contribution < 1.29 is 14.2 Å². The van der Waals surface area contributed by atoms with E-state index in [0.29, 0.717) is 13.2 Å². The van der Waals surface area contributed by atoms with E-state index in [9.17, 15) is 0 Å². The maximum absolute atomic E-state index is 6.91. The second-order valence-electron chi connectivity index (χ2n) is 10.2. The fourth-order valence-corrected chi connectivity index (χ4v) is 20.5. The predicted octanol–water partition coefficient (Wildman–Crippen LogP) is 5.38. The first-order chi connectivity index (χ1) is 18.5. The maximum atomic E-state index is 6.91. The first kappa shape index (κ1) is 26.9. The van der Waals surface area contributed by atoms with Crippen molar-refractivity contribution in [1.82, 2.24) is 0 Å². The Hall–Kier alpha value is -2.70. The molecule has 5 rings (SSSR count). The average Bonchev–Trinajstić information content (AvgIpc) is 3.34. The number of allylic oxidation sites excluding steroid dienone is 1. The molecule has 0 N–H and O–H groups in total. The number of hydrogen-bond donors (Lipinski definition) is 0. The van der Waals surface area contributed by atoms with E-state index in [1.165, 1.54) is 14.3 Å². The quantitative estimate of drug-likeness (QED) is 0.238. The summed E-state index contributed by atoms with van der Waals surface area (Å²) >= 11 is -3.88. The molecule has 1 aliphatic heterocycles. The van der Waals surface area contributed by atoms with Gasteiger partial charge in [-0.3, -0.25) is 0 Å². The molecule has 0 aliphatic carbocycles. The summed E-state index contributed by atoms with van der Waals surface area (Å²) in [6, 6.07) is 43.5. The van der Waals surface area contributed by atoms with Crippen molar-refractivity contribution >= 4 is 29.1 Å². The van der Waals surface area contributed by atoms with Crippen LogP contribution >= 0.6 is 0 Å². The van der Waals surface area contributed by atoms with Crippen molar-refractivity contribution in [3.05, 3.63) is 137 Å². The summed E-state index contributed by atoms with van der Waals surface area (Å²) < 4.78 is 25.0. The molecule has 0 unspecified atom stereocenters. The molecule has 194 valence electrons. The molecule has 0 saturated carbocycles. The van der Waals surface area contributed by atoms with Crippen LogP contribution in [0.1, 0.15) is 26.3 Å². The molecule has 0 amide bonds. The van der Waals surface area contributed by atoms with Crippen LogP contribution in [-0.4, -0.2) is 43.0 Å². The standard InChI is InChI=1S/C16H21O3.3C6H5.Sn/c1-4-8-14(15-12-18-16(2,3)19-15)17-11-13-9-6-5-7-10-13;3*1-2-4-6-5-3-1;/h4-7,9-10,14-15H,11-12H2,1-3H3;3*1-5H;/t14-,15+;;;;/m0..../s1. The van der Waals surface area contributed by atoms with Crippen LogP contribution in [0.5, 0.6) is 0 Å². The molecule has 0 radical (unpaired) electrons. The van der Waals surface area contributed by atoms with Crippen LogP contribution in [0.25, 0.3) is 0 Å². The fourth-order valence-electron chi connectivity index (χ4n) is 5.68. The minimum absolute atomic E-state index is 0.216. The molecule has 4 aromatic carbocycles. The van der Waals surface area contributed by atoms with E-state index < -0.39 is 24.2 Å². The van der Waals surface area contributed by atoms with Gasteiger partial charge < -0.3 is 0 Å². The van der Waals surface area contributed by atoms with Gasteiger partial charge in [0.2, 0.25) is 0 Å². The van der Waals surface area contributed by atoms with Gasteiger partial charge in [-0.2, -0.15) is 0 Å². The topological polar surface area (TPSA) is 27.7 Å². The van der Waals surface area contributed by atoms with Crippen molar-refractivity contribution in [1.29, 1.82) is 0 Å². The normalized spacial score (nSPS) is 18.3. The molecule has 0 aromatic heterocycles. The summed E-state index contributed by atoms with van der Waals surface area (Å²) in [5, 5.41) is 0. The number of rotatable bonds is 9. The van der Waals surface area contributed by atoms with Gasteiger partial charge in [0.25, 0.3) is 0 Å². The third kappa shape index (κ3) is 5.52. The third-order valence-electron chi connectivity index (χ3n) is 7.31. The molecule has 1 saturated heterocycles. The molecule has 2 atom stereocenters. The molecular weight excluding hydrogens is 575 g/mol. The van der Waals surface area contributed by atoms with Crippen LogP contribution in [0.4, 0.5) is 0 Å². The second-order valence-corrected chi connectivity index (χ2v) is 21.0. The summed E-state index contributed by atoms with van der Waals surface area (Å²) in [5.41, 5.74) is 1.14. The van der Waals surface area contributed by atoms with Crippen LogP contribution in [-0.2, 0) is 20.8 Å². The van der Waals surface area contributed by atoms with Crippen molar-refractivity contribution in [2.45, 2.75) is 45.4 Å². The molecule has 0 spiro atoms. The minimum atomic E-state index is -3.88. The summed E-state index contributed by atoms with van der Waals surface area (Å²) in [4.78, 5) is 0. The van der Waals surface area contributed by atoms with E-state index in [2.05, 4.69) is 128 Å². The molecule has 3 nitrogen and oxygen atoms in total. The Labute approximate surface area is 231 Å². The average molecular weight is 611 g/mol. The molecule has 1 heterocycles. The SMILES string of the molecule is C/C=[C](\[C@H](OCc1ccccc1)[C@H]1COC(C)(C)O1)[Sn]([c]1ccccc1)([c]1ccccc1)[c]1ccccc1. The van der Waals surface area contributed by atoms with E-state index in [0.717, 1.165) is 5.56 Å². The van der Waals surface area contributed by atoms with Crippen molar-refractivity contribution in [2.75, 3.05) is 6.61 Å². The summed E-state index contributed by atoms with van der Waals surface area (Å²) in [6.45, 7) is 7.13. The Kier molecular flexibility index (Phi) is 8.49. The molecule has 1 aliphatic rings. The van der Waals surface area contributed by atoms with Gasteiger partial charge in [0.05, 0.1) is 0 Å². The first-order valence-corrected chi connectivity index (χ1v) is 19.1. The molecule has 0 bridgehead atoms. The predicted molar refractivity (Wildman–Crippen MR) is 158 cm³/mol. The van der Waals surface area contributed by atoms with Crippen molar-refractivity contribution in [3.8, 4) is 0 Å². The summed E-state index contributed by atoms with van der Waals surface area (Å²) in [6.07, 6.45) is 1.83. The van der Waals surface area contributed by atoms with Crippen molar-refractivity contribution in [3.63, 3.8) is 0 Å². The van der Waals surface area contributed by atoms with Gasteiger partial charge >= 0.3 is 232 Å². The zero-order valence-electron chi connectivity index (χ0n) is 22.4. The van der Waals surface area contributed by atoms with Gasteiger partial charge in [-0.05, 0) is 0 Å². The summed E-state index contributed by atoms with van der Waals surface area (Å²) in [5.74, 6) is -0.651. The zero-order chi connectivity index (χ0) is 26.4. The van der Waals surface area contributed by atoms with E-state index >= 15 is 0 Å². The van der Waals surface area contributed by atoms with Gasteiger partial charge in [0.15, 0.2) is 0 Å². The van der Waals surface area contributed by atoms with E-state index in [1.54, 1.807) is 0 Å². The number of benzene rings is 4. The van der Waals surface area contributed by atoms with Crippen LogP contribution in [0.15, 0.2) is 131 Å². The molecule has 4 heteroatoms. The van der Waals surface area contributed by atoms with Gasteiger partial charge in [0, 0.05) is 0 Å². The Morgan fingerprint density at radius 3 is 1.63 bits per heavy atom. The third-order valence-corrected chi connectivity index (χ3v) is 21.7. The van der Waals surface area contributed by atoms with Crippen LogP contribution in [0.2, 0.25) is 0 Å². The van der Waals surface area contributed by atoms with Crippen molar-refractivity contribution in [2.24, 2.45) is 0 Å². The Morgan fingerprint density at radius 1 is 0.789 bits per heavy atom. The van der Waals surface area contributed by atoms with Crippen LogP contribution in [0.3, 0.4) is 0 Å². The molecular formula is C34H36O3Sn. The Morgan fingerprint density at radius 2 is 1.24 bits per heavy atom. The fraction of sp³-hybridized carbons (Fsp3) is 0.235. The second kappa shape index (κ2) is 12.0. The monoisotopic (exact) mass is 612 g/mol. The van der Waals surface area contributed by atoms with Gasteiger partial charge in [-0.25, -0.2) is 0 Å². The molecule has 1 fully saturated rings. The zero-order valence-corrected chi connectivity index (χ0v) is 25.3. The van der Waals surface area contributed by atoms with Gasteiger partial charge in [-0.1, -0.05) is 0 Å². The van der Waals surface area contributed by atoms with Gasteiger partial charge in [-0.15, -0.1) is 0 Å². The van der Waals surface area contributed by atoms with E-state index in [-0.39, 0.29) is 12.2 Å². The number of hydrogen-bond acceptors (Lipinski definition) is 3. The van der Waals surface area contributed by atoms with Crippen LogP contribution < -0.4 is 10.7 Å².